The number of esters is 1. The summed E-state index contributed by atoms with van der Waals surface area (Å²) in [5.41, 5.74) is 0.0495. The lowest BCUT2D eigenvalue weighted by atomic mass is 10.2. The average Bonchev–Trinajstić information content (AvgIpc) is 3.05. The lowest BCUT2D eigenvalue weighted by molar-refractivity contribution is -0.385. The predicted molar refractivity (Wildman–Crippen MR) is 84.6 cm³/mol. The van der Waals surface area contributed by atoms with Crippen LogP contribution < -0.4 is 10.1 Å². The fourth-order valence-electron chi connectivity index (χ4n) is 1.82. The Morgan fingerprint density at radius 3 is 2.79 bits per heavy atom. The highest BCUT2D eigenvalue weighted by atomic mass is 32.1. The number of benzene rings is 1. The van der Waals surface area contributed by atoms with Crippen LogP contribution in [0.25, 0.3) is 0 Å². The van der Waals surface area contributed by atoms with E-state index in [0.29, 0.717) is 5.56 Å². The first-order chi connectivity index (χ1) is 11.5. The SMILES string of the molecule is O=C(CCCNC(=O)c1ccsc1)Oc1cc(F)ccc1[N+](=O)[O-]. The second-order valence-electron chi connectivity index (χ2n) is 4.71. The van der Waals surface area contributed by atoms with Crippen LogP contribution >= 0.6 is 11.3 Å². The largest absolute Gasteiger partial charge is 0.419 e. The molecule has 0 bridgehead atoms. The molecule has 0 aliphatic carbocycles. The Kier molecular flexibility index (Phi) is 5.96. The molecule has 0 unspecified atom stereocenters. The van der Waals surface area contributed by atoms with E-state index in [1.807, 2.05) is 0 Å². The quantitative estimate of drug-likeness (QED) is 0.272. The second kappa shape index (κ2) is 8.16. The summed E-state index contributed by atoms with van der Waals surface area (Å²) in [5.74, 6) is -2.17. The molecule has 7 nitrogen and oxygen atoms in total. The van der Waals surface area contributed by atoms with E-state index in [1.54, 1.807) is 16.8 Å². The van der Waals surface area contributed by atoms with E-state index in [9.17, 15) is 24.1 Å². The van der Waals surface area contributed by atoms with Crippen molar-refractivity contribution in [2.75, 3.05) is 6.54 Å². The van der Waals surface area contributed by atoms with Crippen LogP contribution in [0.15, 0.2) is 35.0 Å². The topological polar surface area (TPSA) is 98.5 Å². The molecule has 0 fully saturated rings. The van der Waals surface area contributed by atoms with Crippen molar-refractivity contribution in [2.24, 2.45) is 0 Å². The fraction of sp³-hybridized carbons (Fsp3) is 0.200. The standard InChI is InChI=1S/C15H13FN2O5S/c16-11-3-4-12(18(21)22)13(8-11)23-14(19)2-1-6-17-15(20)10-5-7-24-9-10/h3-5,7-9H,1-2,6H2,(H,17,20). The van der Waals surface area contributed by atoms with Gasteiger partial charge in [0.05, 0.1) is 4.92 Å². The van der Waals surface area contributed by atoms with Gasteiger partial charge in [0.25, 0.3) is 5.91 Å². The van der Waals surface area contributed by atoms with E-state index in [-0.39, 0.29) is 25.3 Å². The lowest BCUT2D eigenvalue weighted by Crippen LogP contribution is -2.24. The molecule has 0 atom stereocenters. The zero-order chi connectivity index (χ0) is 17.5. The molecule has 0 aliphatic rings. The first-order valence-corrected chi connectivity index (χ1v) is 7.86. The Morgan fingerprint density at radius 2 is 2.12 bits per heavy atom. The molecular weight excluding hydrogens is 339 g/mol. The van der Waals surface area contributed by atoms with Crippen LogP contribution in [0.4, 0.5) is 10.1 Å². The van der Waals surface area contributed by atoms with Gasteiger partial charge in [-0.2, -0.15) is 11.3 Å². The van der Waals surface area contributed by atoms with Gasteiger partial charge in [-0.25, -0.2) is 4.39 Å². The first-order valence-electron chi connectivity index (χ1n) is 6.92. The lowest BCUT2D eigenvalue weighted by Gasteiger charge is -2.06. The van der Waals surface area contributed by atoms with Gasteiger partial charge in [-0.3, -0.25) is 19.7 Å². The zero-order valence-electron chi connectivity index (χ0n) is 12.4. The van der Waals surface area contributed by atoms with Crippen molar-refractivity contribution in [2.45, 2.75) is 12.8 Å². The Morgan fingerprint density at radius 1 is 1.33 bits per heavy atom. The van der Waals surface area contributed by atoms with Crippen molar-refractivity contribution < 1.29 is 23.6 Å². The summed E-state index contributed by atoms with van der Waals surface area (Å²) in [5, 5.41) is 16.9. The third-order valence-corrected chi connectivity index (χ3v) is 3.65. The number of rotatable bonds is 7. The van der Waals surface area contributed by atoms with Gasteiger partial charge < -0.3 is 10.1 Å². The number of hydrogen-bond donors (Lipinski definition) is 1. The highest BCUT2D eigenvalue weighted by Gasteiger charge is 2.18. The molecule has 0 saturated heterocycles. The number of ether oxygens (including phenoxy) is 1. The van der Waals surface area contributed by atoms with Crippen molar-refractivity contribution in [3.63, 3.8) is 0 Å². The first kappa shape index (κ1) is 17.5. The van der Waals surface area contributed by atoms with Gasteiger partial charge in [0.2, 0.25) is 5.75 Å². The van der Waals surface area contributed by atoms with Crippen LogP contribution in [-0.2, 0) is 4.79 Å². The molecule has 1 aromatic carbocycles. The van der Waals surface area contributed by atoms with Crippen LogP contribution in [0.1, 0.15) is 23.2 Å². The Balaban J connectivity index is 1.80. The number of carbonyl (C=O) groups is 2. The van der Waals surface area contributed by atoms with Gasteiger partial charge in [0.15, 0.2) is 0 Å². The molecule has 2 rings (SSSR count). The number of halogens is 1. The maximum absolute atomic E-state index is 13.1. The summed E-state index contributed by atoms with van der Waals surface area (Å²) in [6, 6.07) is 4.31. The number of nitrogens with one attached hydrogen (secondary N) is 1. The van der Waals surface area contributed by atoms with E-state index in [4.69, 9.17) is 4.74 Å². The van der Waals surface area contributed by atoms with Crippen LogP contribution in [0, 0.1) is 15.9 Å². The summed E-state index contributed by atoms with van der Waals surface area (Å²) in [4.78, 5) is 33.4. The van der Waals surface area contributed by atoms with Crippen molar-refractivity contribution >= 4 is 28.9 Å². The van der Waals surface area contributed by atoms with Crippen molar-refractivity contribution in [1.82, 2.24) is 5.32 Å². The van der Waals surface area contributed by atoms with Gasteiger partial charge >= 0.3 is 11.7 Å². The summed E-state index contributed by atoms with van der Waals surface area (Å²) in [7, 11) is 0. The molecule has 2 aromatic rings. The van der Waals surface area contributed by atoms with Gasteiger partial charge in [-0.15, -0.1) is 0 Å². The molecule has 9 heteroatoms. The minimum atomic E-state index is -0.761. The second-order valence-corrected chi connectivity index (χ2v) is 5.49. The minimum Gasteiger partial charge on any atom is -0.419 e. The van der Waals surface area contributed by atoms with Crippen LogP contribution in [0.3, 0.4) is 0 Å². The molecule has 126 valence electrons. The fourth-order valence-corrected chi connectivity index (χ4v) is 2.46. The van der Waals surface area contributed by atoms with Crippen molar-refractivity contribution in [3.8, 4) is 5.75 Å². The number of nitrogens with zero attached hydrogens (tertiary/aromatic N) is 1. The van der Waals surface area contributed by atoms with Gasteiger partial charge in [-0.05, 0) is 23.9 Å². The molecule has 24 heavy (non-hydrogen) atoms. The van der Waals surface area contributed by atoms with Crippen molar-refractivity contribution in [1.29, 1.82) is 0 Å². The van der Waals surface area contributed by atoms with Gasteiger partial charge in [0, 0.05) is 36.0 Å². The van der Waals surface area contributed by atoms with Crippen molar-refractivity contribution in [3.05, 3.63) is 56.5 Å². The number of hydrogen-bond acceptors (Lipinski definition) is 6. The van der Waals surface area contributed by atoms with Crippen LogP contribution in [0.5, 0.6) is 5.75 Å². The number of nitro groups is 1. The summed E-state index contributed by atoms with van der Waals surface area (Å²) < 4.78 is 18.0. The average molecular weight is 352 g/mol. The van der Waals surface area contributed by atoms with Gasteiger partial charge in [-0.1, -0.05) is 0 Å². The molecule has 0 aliphatic heterocycles. The molecule has 0 saturated carbocycles. The molecule has 1 N–H and O–H groups in total. The minimum absolute atomic E-state index is 0.0718. The third-order valence-electron chi connectivity index (χ3n) is 2.97. The molecule has 1 heterocycles. The highest BCUT2D eigenvalue weighted by Crippen LogP contribution is 2.27. The Labute approximate surface area is 140 Å². The normalized spacial score (nSPS) is 10.2. The smallest absolute Gasteiger partial charge is 0.311 e. The van der Waals surface area contributed by atoms with E-state index in [1.165, 1.54) is 11.3 Å². The molecule has 0 radical (unpaired) electrons. The van der Waals surface area contributed by atoms with E-state index >= 15 is 0 Å². The molecule has 0 spiro atoms. The summed E-state index contributed by atoms with van der Waals surface area (Å²) in [6.45, 7) is 0.245. The predicted octanol–water partition coefficient (Wildman–Crippen LogP) is 2.91. The number of thiophene rings is 1. The maximum atomic E-state index is 13.1. The zero-order valence-corrected chi connectivity index (χ0v) is 13.2. The number of carbonyl (C=O) groups excluding carboxylic acids is 2. The molecule has 1 amide bonds. The number of nitro benzene ring substituents is 1. The van der Waals surface area contributed by atoms with E-state index < -0.39 is 28.1 Å². The monoisotopic (exact) mass is 352 g/mol. The maximum Gasteiger partial charge on any atom is 0.311 e. The Hall–Kier alpha value is -2.81. The third kappa shape index (κ3) is 4.85. The van der Waals surface area contributed by atoms with Crippen LogP contribution in [-0.4, -0.2) is 23.3 Å². The summed E-state index contributed by atoms with van der Waals surface area (Å²) >= 11 is 1.40. The van der Waals surface area contributed by atoms with E-state index in [2.05, 4.69) is 5.32 Å². The Bertz CT molecular complexity index is 748. The van der Waals surface area contributed by atoms with E-state index in [0.717, 1.165) is 18.2 Å². The summed E-state index contributed by atoms with van der Waals surface area (Å²) in [6.07, 6.45) is 0.218. The molecule has 1 aromatic heterocycles. The highest BCUT2D eigenvalue weighted by molar-refractivity contribution is 7.08. The van der Waals surface area contributed by atoms with Crippen LogP contribution in [0.2, 0.25) is 0 Å². The molecular formula is C15H13FN2O5S. The van der Waals surface area contributed by atoms with Gasteiger partial charge in [0.1, 0.15) is 5.82 Å². The number of amides is 1.